The number of hydrogen-bond acceptors (Lipinski definition) is 2. The second-order valence-corrected chi connectivity index (χ2v) is 13.5. The Morgan fingerprint density at radius 2 is 0.759 bits per heavy atom. The summed E-state index contributed by atoms with van der Waals surface area (Å²) in [6.07, 6.45) is 0. The van der Waals surface area contributed by atoms with Crippen molar-refractivity contribution in [3.8, 4) is 61.4 Å². The van der Waals surface area contributed by atoms with Crippen LogP contribution in [0.5, 0.6) is 5.75 Å². The van der Waals surface area contributed by atoms with Gasteiger partial charge in [-0.15, -0.1) is 0 Å². The minimum absolute atomic E-state index is 0.274. The zero-order chi connectivity index (χ0) is 36.3. The Kier molecular flexibility index (Phi) is 8.76. The van der Waals surface area contributed by atoms with E-state index < -0.39 is 0 Å². The van der Waals surface area contributed by atoms with Crippen molar-refractivity contribution in [2.75, 3.05) is 4.90 Å². The van der Waals surface area contributed by atoms with Gasteiger partial charge in [0, 0.05) is 27.9 Å². The molecule has 256 valence electrons. The van der Waals surface area contributed by atoms with E-state index in [0.29, 0.717) is 0 Å². The van der Waals surface area contributed by atoms with Gasteiger partial charge in [0.2, 0.25) is 0 Å². The molecule has 9 rings (SSSR count). The van der Waals surface area contributed by atoms with Crippen molar-refractivity contribution < 1.29 is 5.11 Å². The summed E-state index contributed by atoms with van der Waals surface area (Å²) in [5.74, 6) is 0.274. The summed E-state index contributed by atoms with van der Waals surface area (Å²) in [5, 5.41) is 13.8. The van der Waals surface area contributed by atoms with Crippen molar-refractivity contribution in [1.29, 1.82) is 0 Å². The number of rotatable bonds is 8. The quantitative estimate of drug-likeness (QED) is 0.171. The summed E-state index contributed by atoms with van der Waals surface area (Å²) in [6, 6.07) is 76.4. The Labute approximate surface area is 316 Å². The van der Waals surface area contributed by atoms with Gasteiger partial charge in [0.1, 0.15) is 5.75 Å². The maximum atomic E-state index is 11.9. The molecule has 1 N–H and O–H groups in total. The molecule has 0 saturated heterocycles. The Balaban J connectivity index is 1.25. The van der Waals surface area contributed by atoms with Gasteiger partial charge < -0.3 is 10.0 Å². The molecule has 0 saturated carbocycles. The Hall–Kier alpha value is -7.16. The highest BCUT2D eigenvalue weighted by molar-refractivity contribution is 5.99. The van der Waals surface area contributed by atoms with Gasteiger partial charge in [-0.3, -0.25) is 0 Å². The van der Waals surface area contributed by atoms with Crippen molar-refractivity contribution in [1.82, 2.24) is 0 Å². The van der Waals surface area contributed by atoms with Crippen molar-refractivity contribution in [2.24, 2.45) is 0 Å². The van der Waals surface area contributed by atoms with E-state index in [4.69, 9.17) is 0 Å². The standard InChI is InChI=1S/C52H37NO/c54-52-48-22-11-10-20-42(48)30-34-49(52)50-36-45(33-35-46(50)43-26-24-39(25-27-43)37-14-4-1-5-15-37)53(44-31-28-40(29-32-44)38-16-6-2-7-17-38)51-23-13-12-21-47(51)41-18-8-3-9-19-41/h1-36,54H. The number of anilines is 3. The molecular weight excluding hydrogens is 655 g/mol. The highest BCUT2D eigenvalue weighted by Crippen LogP contribution is 2.46. The molecule has 0 aliphatic carbocycles. The summed E-state index contributed by atoms with van der Waals surface area (Å²) < 4.78 is 0. The van der Waals surface area contributed by atoms with Crippen LogP contribution in [0.1, 0.15) is 0 Å². The van der Waals surface area contributed by atoms with Gasteiger partial charge in [0.25, 0.3) is 0 Å². The lowest BCUT2D eigenvalue weighted by molar-refractivity contribution is 0.483. The third kappa shape index (κ3) is 6.31. The number of para-hydroxylation sites is 1. The van der Waals surface area contributed by atoms with Crippen LogP contribution in [0.3, 0.4) is 0 Å². The third-order valence-corrected chi connectivity index (χ3v) is 10.2. The molecule has 2 nitrogen and oxygen atoms in total. The Bertz CT molecular complexity index is 2690. The first-order valence-electron chi connectivity index (χ1n) is 18.3. The normalized spacial score (nSPS) is 11.0. The predicted octanol–water partition coefficient (Wildman–Crippen LogP) is 14.4. The van der Waals surface area contributed by atoms with Crippen LogP contribution in [0, 0.1) is 0 Å². The molecular formula is C52H37NO. The number of nitrogens with zero attached hydrogens (tertiary/aromatic N) is 1. The van der Waals surface area contributed by atoms with Gasteiger partial charge in [-0.05, 0) is 86.3 Å². The fourth-order valence-corrected chi connectivity index (χ4v) is 7.48. The van der Waals surface area contributed by atoms with Gasteiger partial charge >= 0.3 is 0 Å². The van der Waals surface area contributed by atoms with Crippen LogP contribution in [-0.2, 0) is 0 Å². The lowest BCUT2D eigenvalue weighted by Crippen LogP contribution is -2.11. The van der Waals surface area contributed by atoms with Gasteiger partial charge in [0.05, 0.1) is 5.69 Å². The number of hydrogen-bond donors (Lipinski definition) is 1. The second-order valence-electron chi connectivity index (χ2n) is 13.5. The zero-order valence-electron chi connectivity index (χ0n) is 29.7. The molecule has 0 atom stereocenters. The van der Waals surface area contributed by atoms with E-state index in [1.807, 2.05) is 36.4 Å². The van der Waals surface area contributed by atoms with Crippen molar-refractivity contribution >= 4 is 27.8 Å². The summed E-state index contributed by atoms with van der Waals surface area (Å²) in [7, 11) is 0. The fraction of sp³-hybridized carbons (Fsp3) is 0. The van der Waals surface area contributed by atoms with E-state index in [9.17, 15) is 5.11 Å². The molecule has 0 radical (unpaired) electrons. The summed E-state index contributed by atoms with van der Waals surface area (Å²) in [5.41, 5.74) is 13.9. The SMILES string of the molecule is Oc1c(-c2cc(N(c3ccc(-c4ccccc4)cc3)c3ccccc3-c3ccccc3)ccc2-c2ccc(-c3ccccc3)cc2)ccc2ccccc12. The largest absolute Gasteiger partial charge is 0.507 e. The van der Waals surface area contributed by atoms with Gasteiger partial charge in [-0.25, -0.2) is 0 Å². The smallest absolute Gasteiger partial charge is 0.131 e. The second kappa shape index (κ2) is 14.5. The van der Waals surface area contributed by atoms with Crippen molar-refractivity contribution in [3.05, 3.63) is 218 Å². The molecule has 0 aliphatic heterocycles. The Morgan fingerprint density at radius 1 is 0.296 bits per heavy atom. The molecule has 0 aromatic heterocycles. The minimum Gasteiger partial charge on any atom is -0.507 e. The number of fused-ring (bicyclic) bond motifs is 1. The number of phenols is 1. The lowest BCUT2D eigenvalue weighted by atomic mass is 9.90. The molecule has 0 heterocycles. The van der Waals surface area contributed by atoms with Crippen LogP contribution >= 0.6 is 0 Å². The van der Waals surface area contributed by atoms with Crippen LogP contribution in [0.4, 0.5) is 17.1 Å². The van der Waals surface area contributed by atoms with E-state index >= 15 is 0 Å². The molecule has 0 aliphatic rings. The Morgan fingerprint density at radius 3 is 1.43 bits per heavy atom. The van der Waals surface area contributed by atoms with Crippen molar-refractivity contribution in [2.45, 2.75) is 0 Å². The molecule has 2 heteroatoms. The molecule has 54 heavy (non-hydrogen) atoms. The summed E-state index contributed by atoms with van der Waals surface area (Å²) in [6.45, 7) is 0. The predicted molar refractivity (Wildman–Crippen MR) is 227 cm³/mol. The molecule has 9 aromatic rings. The number of phenolic OH excluding ortho intramolecular Hbond substituents is 1. The van der Waals surface area contributed by atoms with Gasteiger partial charge in [-0.1, -0.05) is 182 Å². The summed E-state index contributed by atoms with van der Waals surface area (Å²) >= 11 is 0. The van der Waals surface area contributed by atoms with Gasteiger partial charge in [0.15, 0.2) is 0 Å². The van der Waals surface area contributed by atoms with Gasteiger partial charge in [-0.2, -0.15) is 0 Å². The topological polar surface area (TPSA) is 23.5 Å². The van der Waals surface area contributed by atoms with Crippen molar-refractivity contribution in [3.63, 3.8) is 0 Å². The maximum Gasteiger partial charge on any atom is 0.131 e. The van der Waals surface area contributed by atoms with E-state index in [1.165, 1.54) is 11.1 Å². The van der Waals surface area contributed by atoms with Crippen LogP contribution in [0.15, 0.2) is 218 Å². The van der Waals surface area contributed by atoms with E-state index in [1.54, 1.807) is 0 Å². The van der Waals surface area contributed by atoms with Crippen LogP contribution in [0.2, 0.25) is 0 Å². The first kappa shape index (κ1) is 32.7. The maximum absolute atomic E-state index is 11.9. The monoisotopic (exact) mass is 691 g/mol. The lowest BCUT2D eigenvalue weighted by Gasteiger charge is -2.29. The zero-order valence-corrected chi connectivity index (χ0v) is 29.7. The summed E-state index contributed by atoms with van der Waals surface area (Å²) in [4.78, 5) is 2.33. The highest BCUT2D eigenvalue weighted by atomic mass is 16.3. The van der Waals surface area contributed by atoms with Crippen LogP contribution in [-0.4, -0.2) is 5.11 Å². The van der Waals surface area contributed by atoms with E-state index in [-0.39, 0.29) is 5.75 Å². The molecule has 0 spiro atoms. The van der Waals surface area contributed by atoms with E-state index in [2.05, 4.69) is 187 Å². The van der Waals surface area contributed by atoms with Crippen LogP contribution < -0.4 is 4.90 Å². The number of benzene rings is 9. The molecule has 0 fully saturated rings. The molecule has 0 amide bonds. The van der Waals surface area contributed by atoms with Crippen LogP contribution in [0.25, 0.3) is 66.4 Å². The van der Waals surface area contributed by atoms with E-state index in [0.717, 1.165) is 72.3 Å². The minimum atomic E-state index is 0.274. The highest BCUT2D eigenvalue weighted by Gasteiger charge is 2.21. The fourth-order valence-electron chi connectivity index (χ4n) is 7.48. The first-order chi connectivity index (χ1) is 26.7. The average Bonchev–Trinajstić information content (AvgIpc) is 3.25. The molecule has 0 bridgehead atoms. The average molecular weight is 692 g/mol. The third-order valence-electron chi connectivity index (χ3n) is 10.2. The molecule has 0 unspecified atom stereocenters. The number of aromatic hydroxyl groups is 1. The molecule has 9 aromatic carbocycles. The first-order valence-corrected chi connectivity index (χ1v) is 18.3.